The van der Waals surface area contributed by atoms with Crippen LogP contribution in [0.15, 0.2) is 36.7 Å². The highest BCUT2D eigenvalue weighted by molar-refractivity contribution is 6.04. The van der Waals surface area contributed by atoms with E-state index in [1.165, 1.54) is 36.7 Å². The smallest absolute Gasteiger partial charge is 0.269 e. The van der Waals surface area contributed by atoms with Crippen LogP contribution in [0.3, 0.4) is 0 Å². The Morgan fingerprint density at radius 1 is 1.17 bits per heavy atom. The molecule has 2 heterocycles. The lowest BCUT2D eigenvalue weighted by Crippen LogP contribution is -2.37. The first-order chi connectivity index (χ1) is 11.6. The summed E-state index contributed by atoms with van der Waals surface area (Å²) in [7, 11) is 0. The summed E-state index contributed by atoms with van der Waals surface area (Å²) in [6.07, 6.45) is 3.06. The minimum absolute atomic E-state index is 0.0650. The van der Waals surface area contributed by atoms with Crippen LogP contribution >= 0.6 is 0 Å². The molecule has 0 radical (unpaired) electrons. The van der Waals surface area contributed by atoms with Crippen molar-refractivity contribution in [2.75, 3.05) is 36.5 Å². The van der Waals surface area contributed by atoms with Gasteiger partial charge >= 0.3 is 0 Å². The molecule has 0 atom stereocenters. The highest BCUT2D eigenvalue weighted by Crippen LogP contribution is 2.15. The van der Waals surface area contributed by atoms with Gasteiger partial charge in [-0.3, -0.25) is 14.9 Å². The molecule has 1 amide bonds. The topological polar surface area (TPSA) is 110 Å². The van der Waals surface area contributed by atoms with E-state index in [0.29, 0.717) is 30.4 Å². The molecule has 0 spiro atoms. The lowest BCUT2D eigenvalue weighted by Gasteiger charge is -2.26. The molecule has 3 rings (SSSR count). The number of benzene rings is 1. The van der Waals surface area contributed by atoms with Crippen LogP contribution in [0, 0.1) is 10.1 Å². The number of rotatable bonds is 4. The maximum atomic E-state index is 12.1. The molecule has 124 valence electrons. The van der Waals surface area contributed by atoms with Gasteiger partial charge < -0.3 is 15.0 Å². The zero-order valence-corrected chi connectivity index (χ0v) is 12.7. The summed E-state index contributed by atoms with van der Waals surface area (Å²) < 4.78 is 5.27. The Balaban J connectivity index is 1.64. The fourth-order valence-corrected chi connectivity index (χ4v) is 2.25. The lowest BCUT2D eigenvalue weighted by atomic mass is 10.2. The number of anilines is 2. The maximum Gasteiger partial charge on any atom is 0.269 e. The number of amides is 1. The first-order valence-corrected chi connectivity index (χ1v) is 7.34. The van der Waals surface area contributed by atoms with Crippen molar-refractivity contribution in [3.63, 3.8) is 0 Å². The van der Waals surface area contributed by atoms with Gasteiger partial charge in [-0.25, -0.2) is 9.97 Å². The molecule has 1 saturated heterocycles. The van der Waals surface area contributed by atoms with Crippen molar-refractivity contribution < 1.29 is 14.5 Å². The Labute approximate surface area is 137 Å². The zero-order chi connectivity index (χ0) is 16.9. The molecule has 0 aliphatic carbocycles. The Bertz CT molecular complexity index is 727. The fraction of sp³-hybridized carbons (Fsp3) is 0.267. The van der Waals surface area contributed by atoms with Crippen LogP contribution in [0.1, 0.15) is 10.4 Å². The molecular formula is C15H15N5O4. The maximum absolute atomic E-state index is 12.1. The molecule has 24 heavy (non-hydrogen) atoms. The normalized spacial score (nSPS) is 14.2. The summed E-state index contributed by atoms with van der Waals surface area (Å²) in [5.74, 6) is 0.208. The van der Waals surface area contributed by atoms with Crippen LogP contribution in [0.25, 0.3) is 0 Å². The summed E-state index contributed by atoms with van der Waals surface area (Å²) in [6, 6.07) is 5.37. The van der Waals surface area contributed by atoms with Crippen LogP contribution < -0.4 is 10.2 Å². The third kappa shape index (κ3) is 3.63. The Hall–Kier alpha value is -3.07. The highest BCUT2D eigenvalue weighted by atomic mass is 16.6. The summed E-state index contributed by atoms with van der Waals surface area (Å²) in [4.78, 5) is 32.7. The molecule has 0 saturated carbocycles. The molecule has 1 aromatic carbocycles. The molecule has 9 nitrogen and oxygen atoms in total. The number of carbonyl (C=O) groups excluding carboxylic acids is 1. The average Bonchev–Trinajstić information content (AvgIpc) is 2.63. The molecule has 9 heteroatoms. The first kappa shape index (κ1) is 15.8. The van der Waals surface area contributed by atoms with Crippen molar-refractivity contribution in [3.8, 4) is 0 Å². The van der Waals surface area contributed by atoms with Gasteiger partial charge in [-0.2, -0.15) is 0 Å². The van der Waals surface area contributed by atoms with Crippen molar-refractivity contribution >= 4 is 23.2 Å². The minimum Gasteiger partial charge on any atom is -0.378 e. The fourth-order valence-electron chi connectivity index (χ4n) is 2.25. The van der Waals surface area contributed by atoms with Gasteiger partial charge in [-0.05, 0) is 12.1 Å². The first-order valence-electron chi connectivity index (χ1n) is 7.34. The number of nitrogens with zero attached hydrogens (tertiary/aromatic N) is 4. The Morgan fingerprint density at radius 3 is 2.38 bits per heavy atom. The molecule has 1 aliphatic heterocycles. The number of morpholine rings is 1. The summed E-state index contributed by atoms with van der Waals surface area (Å²) >= 11 is 0. The van der Waals surface area contributed by atoms with Crippen LogP contribution in [-0.2, 0) is 4.74 Å². The molecule has 2 aromatic rings. The van der Waals surface area contributed by atoms with Gasteiger partial charge in [0, 0.05) is 30.8 Å². The molecular weight excluding hydrogens is 314 g/mol. The number of aromatic nitrogens is 2. The van der Waals surface area contributed by atoms with Crippen molar-refractivity contribution in [1.29, 1.82) is 0 Å². The Morgan fingerprint density at radius 2 is 1.79 bits per heavy atom. The van der Waals surface area contributed by atoms with Crippen molar-refractivity contribution in [3.05, 3.63) is 52.3 Å². The van der Waals surface area contributed by atoms with E-state index in [4.69, 9.17) is 4.74 Å². The molecule has 1 aliphatic rings. The summed E-state index contributed by atoms with van der Waals surface area (Å²) in [5, 5.41) is 13.3. The van der Waals surface area contributed by atoms with Crippen molar-refractivity contribution in [2.45, 2.75) is 0 Å². The van der Waals surface area contributed by atoms with E-state index in [0.717, 1.165) is 13.1 Å². The van der Waals surface area contributed by atoms with Gasteiger partial charge in [0.05, 0.1) is 36.2 Å². The zero-order valence-electron chi connectivity index (χ0n) is 12.7. The van der Waals surface area contributed by atoms with Gasteiger partial charge in [-0.1, -0.05) is 0 Å². The molecule has 1 N–H and O–H groups in total. The Kier molecular flexibility index (Phi) is 4.62. The van der Waals surface area contributed by atoms with Crippen LogP contribution in [0.2, 0.25) is 0 Å². The van der Waals surface area contributed by atoms with E-state index in [1.54, 1.807) is 0 Å². The van der Waals surface area contributed by atoms with E-state index in [1.807, 2.05) is 4.90 Å². The number of nitro groups is 1. The van der Waals surface area contributed by atoms with Crippen LogP contribution in [0.5, 0.6) is 0 Å². The van der Waals surface area contributed by atoms with E-state index in [-0.39, 0.29) is 11.6 Å². The SMILES string of the molecule is O=C(Nc1cnc(N2CCOCC2)nc1)c1ccc([N+](=O)[O-])cc1. The molecule has 0 unspecified atom stereocenters. The minimum atomic E-state index is -0.514. The van der Waals surface area contributed by atoms with E-state index in [9.17, 15) is 14.9 Å². The van der Waals surface area contributed by atoms with E-state index in [2.05, 4.69) is 15.3 Å². The number of hydrogen-bond acceptors (Lipinski definition) is 7. The average molecular weight is 329 g/mol. The second-order valence-electron chi connectivity index (χ2n) is 5.13. The van der Waals surface area contributed by atoms with Gasteiger partial charge in [0.25, 0.3) is 11.6 Å². The number of nitro benzene ring substituents is 1. The molecule has 1 aromatic heterocycles. The largest absolute Gasteiger partial charge is 0.378 e. The number of carbonyl (C=O) groups is 1. The second-order valence-corrected chi connectivity index (χ2v) is 5.13. The van der Waals surface area contributed by atoms with E-state index >= 15 is 0 Å². The van der Waals surface area contributed by atoms with E-state index < -0.39 is 4.92 Å². The monoisotopic (exact) mass is 329 g/mol. The van der Waals surface area contributed by atoms with Gasteiger partial charge in [-0.15, -0.1) is 0 Å². The predicted molar refractivity (Wildman–Crippen MR) is 86.1 cm³/mol. The number of non-ortho nitro benzene ring substituents is 1. The van der Waals surface area contributed by atoms with Crippen molar-refractivity contribution in [1.82, 2.24) is 9.97 Å². The standard InChI is InChI=1S/C15H15N5O4/c21-14(11-1-3-13(4-2-11)20(22)23)18-12-9-16-15(17-10-12)19-5-7-24-8-6-19/h1-4,9-10H,5-8H2,(H,18,21). The molecule has 1 fully saturated rings. The van der Waals surface area contributed by atoms with Gasteiger partial charge in [0.2, 0.25) is 5.95 Å². The lowest BCUT2D eigenvalue weighted by molar-refractivity contribution is -0.384. The summed E-state index contributed by atoms with van der Waals surface area (Å²) in [6.45, 7) is 2.74. The van der Waals surface area contributed by atoms with Crippen LogP contribution in [0.4, 0.5) is 17.3 Å². The number of hydrogen-bond donors (Lipinski definition) is 1. The molecule has 0 bridgehead atoms. The van der Waals surface area contributed by atoms with Crippen LogP contribution in [-0.4, -0.2) is 47.1 Å². The second kappa shape index (κ2) is 7.01. The predicted octanol–water partition coefficient (Wildman–Crippen LogP) is 1.47. The quantitative estimate of drug-likeness (QED) is 0.668. The highest BCUT2D eigenvalue weighted by Gasteiger charge is 2.14. The third-order valence-electron chi connectivity index (χ3n) is 3.53. The number of nitrogens with one attached hydrogen (secondary N) is 1. The van der Waals surface area contributed by atoms with Crippen molar-refractivity contribution in [2.24, 2.45) is 0 Å². The third-order valence-corrected chi connectivity index (χ3v) is 3.53. The number of ether oxygens (including phenoxy) is 1. The summed E-state index contributed by atoms with van der Waals surface area (Å²) in [5.41, 5.74) is 0.706. The van der Waals surface area contributed by atoms with Gasteiger partial charge in [0.1, 0.15) is 0 Å². The van der Waals surface area contributed by atoms with Gasteiger partial charge in [0.15, 0.2) is 0 Å².